The van der Waals surface area contributed by atoms with Crippen LogP contribution in [-0.4, -0.2) is 29.0 Å². The maximum Gasteiger partial charge on any atom is 0.123 e. The second-order valence-electron chi connectivity index (χ2n) is 7.56. The quantitative estimate of drug-likeness (QED) is 0.636. The minimum Gasteiger partial charge on any atom is -0.384 e. The van der Waals surface area contributed by atoms with Gasteiger partial charge in [-0.05, 0) is 42.3 Å². The highest BCUT2D eigenvalue weighted by Gasteiger charge is 2.29. The van der Waals surface area contributed by atoms with E-state index in [9.17, 15) is 4.39 Å². The van der Waals surface area contributed by atoms with Gasteiger partial charge in [-0.25, -0.2) is 4.39 Å². The van der Waals surface area contributed by atoms with Gasteiger partial charge in [0.15, 0.2) is 0 Å². The Bertz CT molecular complexity index is 865. The molecule has 0 fully saturated rings. The van der Waals surface area contributed by atoms with E-state index >= 15 is 0 Å². The molecule has 1 aliphatic rings. The predicted octanol–water partition coefficient (Wildman–Crippen LogP) is 4.02. The summed E-state index contributed by atoms with van der Waals surface area (Å²) in [6.45, 7) is 14.6. The lowest BCUT2D eigenvalue weighted by Gasteiger charge is -2.39. The average Bonchev–Trinajstić information content (AvgIpc) is 3.21. The molecule has 1 aromatic heterocycles. The summed E-state index contributed by atoms with van der Waals surface area (Å²) in [5.41, 5.74) is 12.7. The Balaban J connectivity index is 1.84. The van der Waals surface area contributed by atoms with E-state index in [1.54, 1.807) is 12.1 Å². The van der Waals surface area contributed by atoms with Gasteiger partial charge < -0.3 is 20.9 Å². The summed E-state index contributed by atoms with van der Waals surface area (Å²) in [5.74, 6) is 0.0266. The van der Waals surface area contributed by atoms with Crippen molar-refractivity contribution in [2.24, 2.45) is 11.7 Å². The van der Waals surface area contributed by atoms with Crippen LogP contribution in [0, 0.1) is 11.7 Å². The molecule has 0 aliphatic carbocycles. The minimum absolute atomic E-state index is 0.225. The number of benzene rings is 1. The molecule has 1 aliphatic heterocycles. The van der Waals surface area contributed by atoms with Gasteiger partial charge in [0.1, 0.15) is 5.82 Å². The average molecular weight is 381 g/mol. The smallest absolute Gasteiger partial charge is 0.123 e. The molecule has 3 rings (SSSR count). The molecule has 0 radical (unpaired) electrons. The Labute approximate surface area is 166 Å². The summed E-state index contributed by atoms with van der Waals surface area (Å²) in [6, 6.07) is 10.3. The fourth-order valence-corrected chi connectivity index (χ4v) is 3.63. The fourth-order valence-electron chi connectivity index (χ4n) is 3.63. The van der Waals surface area contributed by atoms with Gasteiger partial charge in [0.2, 0.25) is 0 Å². The minimum atomic E-state index is -0.225. The van der Waals surface area contributed by atoms with E-state index < -0.39 is 0 Å². The summed E-state index contributed by atoms with van der Waals surface area (Å²) in [5, 5.41) is 3.56. The Morgan fingerprint density at radius 1 is 1.32 bits per heavy atom. The number of aromatic nitrogens is 1. The summed E-state index contributed by atoms with van der Waals surface area (Å²) in [4.78, 5) is 5.49. The normalized spacial score (nSPS) is 18.1. The molecule has 1 aromatic carbocycles. The molecule has 2 atom stereocenters. The van der Waals surface area contributed by atoms with Gasteiger partial charge in [-0.2, -0.15) is 0 Å². The van der Waals surface area contributed by atoms with Gasteiger partial charge in [0.25, 0.3) is 0 Å². The van der Waals surface area contributed by atoms with Crippen molar-refractivity contribution in [2.75, 3.05) is 13.1 Å². The first kappa shape index (κ1) is 20.0. The number of hydrogen-bond donors (Lipinski definition) is 3. The third kappa shape index (κ3) is 4.37. The Morgan fingerprint density at radius 2 is 2.04 bits per heavy atom. The van der Waals surface area contributed by atoms with Crippen LogP contribution in [0.2, 0.25) is 0 Å². The topological polar surface area (TPSA) is 57.1 Å². The van der Waals surface area contributed by atoms with Gasteiger partial charge in [-0.3, -0.25) is 0 Å². The molecule has 4 N–H and O–H groups in total. The van der Waals surface area contributed by atoms with Crippen LogP contribution in [0.3, 0.4) is 0 Å². The molecule has 148 valence electrons. The molecule has 4 nitrogen and oxygen atoms in total. The van der Waals surface area contributed by atoms with Gasteiger partial charge in [-0.15, -0.1) is 0 Å². The molecular weight excluding hydrogens is 351 g/mol. The highest BCUT2D eigenvalue weighted by atomic mass is 19.1. The Kier molecular flexibility index (Phi) is 6.05. The molecule has 0 bridgehead atoms. The molecule has 2 unspecified atom stereocenters. The first-order valence-electron chi connectivity index (χ1n) is 9.56. The molecular formula is C23H29FN4. The third-order valence-corrected chi connectivity index (χ3v) is 5.29. The van der Waals surface area contributed by atoms with Gasteiger partial charge in [-0.1, -0.05) is 37.8 Å². The molecule has 0 saturated carbocycles. The van der Waals surface area contributed by atoms with Crippen molar-refractivity contribution < 1.29 is 4.39 Å². The maximum atomic E-state index is 13.2. The number of nitrogens with two attached hydrogens (primary N) is 1. The largest absolute Gasteiger partial charge is 0.384 e. The lowest BCUT2D eigenvalue weighted by molar-refractivity contribution is 0.333. The zero-order valence-electron chi connectivity index (χ0n) is 16.6. The first-order chi connectivity index (χ1) is 13.4. The summed E-state index contributed by atoms with van der Waals surface area (Å²) < 4.78 is 13.2. The van der Waals surface area contributed by atoms with Crippen molar-refractivity contribution in [3.63, 3.8) is 0 Å². The van der Waals surface area contributed by atoms with Gasteiger partial charge in [0, 0.05) is 37.4 Å². The van der Waals surface area contributed by atoms with Crippen LogP contribution < -0.4 is 11.1 Å². The van der Waals surface area contributed by atoms with E-state index in [0.29, 0.717) is 13.1 Å². The molecule has 28 heavy (non-hydrogen) atoms. The number of nitrogens with zero attached hydrogens (tertiary/aromatic N) is 1. The van der Waals surface area contributed by atoms with Crippen LogP contribution in [-0.2, 0) is 6.54 Å². The summed E-state index contributed by atoms with van der Waals surface area (Å²) in [6.07, 6.45) is 1.90. The van der Waals surface area contributed by atoms with Crippen LogP contribution in [0.15, 0.2) is 72.6 Å². The standard InChI is InChI=1S/C23H29FN4/c1-15(2)22(25)20-14-28(17(4)21-6-5-11-26-21)13-16(3)23(20)27-12-18-7-9-19(24)10-8-18/h5-11,16,22,26-27H,1,4,12-14,25H2,2-3H3. The van der Waals surface area contributed by atoms with Crippen molar-refractivity contribution in [2.45, 2.75) is 26.4 Å². The summed E-state index contributed by atoms with van der Waals surface area (Å²) in [7, 11) is 0. The van der Waals surface area contributed by atoms with Crippen LogP contribution in [0.4, 0.5) is 4.39 Å². The Morgan fingerprint density at radius 3 is 2.64 bits per heavy atom. The third-order valence-electron chi connectivity index (χ3n) is 5.29. The van der Waals surface area contributed by atoms with Crippen molar-refractivity contribution in [3.8, 4) is 0 Å². The van der Waals surface area contributed by atoms with Crippen LogP contribution in [0.1, 0.15) is 25.1 Å². The molecule has 2 heterocycles. The van der Waals surface area contributed by atoms with Gasteiger partial charge >= 0.3 is 0 Å². The first-order valence-corrected chi connectivity index (χ1v) is 9.56. The van der Waals surface area contributed by atoms with Crippen molar-refractivity contribution in [3.05, 3.63) is 89.7 Å². The number of hydrogen-bond acceptors (Lipinski definition) is 3. The lowest BCUT2D eigenvalue weighted by atomic mass is 9.89. The van der Waals surface area contributed by atoms with E-state index in [4.69, 9.17) is 5.73 Å². The van der Waals surface area contributed by atoms with Gasteiger partial charge in [0.05, 0.1) is 17.4 Å². The number of nitrogens with one attached hydrogen (secondary N) is 2. The van der Waals surface area contributed by atoms with E-state index in [-0.39, 0.29) is 17.8 Å². The molecule has 5 heteroatoms. The zero-order valence-corrected chi connectivity index (χ0v) is 16.6. The second kappa shape index (κ2) is 8.48. The van der Waals surface area contributed by atoms with E-state index in [1.165, 1.54) is 12.1 Å². The Hall–Kier alpha value is -2.79. The maximum absolute atomic E-state index is 13.2. The van der Waals surface area contributed by atoms with E-state index in [2.05, 4.69) is 35.3 Å². The highest BCUT2D eigenvalue weighted by molar-refractivity contribution is 5.59. The van der Waals surface area contributed by atoms with Crippen LogP contribution in [0.25, 0.3) is 5.70 Å². The molecule has 2 aromatic rings. The predicted molar refractivity (Wildman–Crippen MR) is 114 cm³/mol. The van der Waals surface area contributed by atoms with Crippen LogP contribution >= 0.6 is 0 Å². The van der Waals surface area contributed by atoms with E-state index in [1.807, 2.05) is 25.3 Å². The number of H-pyrrole nitrogens is 1. The second-order valence-corrected chi connectivity index (χ2v) is 7.56. The number of aromatic amines is 1. The molecule has 0 amide bonds. The molecule has 0 saturated heterocycles. The SMILES string of the molecule is C=C(C)C(N)C1=C(NCc2ccc(F)cc2)C(C)CN(C(=C)c2ccc[nH]2)C1. The van der Waals surface area contributed by atoms with E-state index in [0.717, 1.165) is 40.3 Å². The number of rotatable bonds is 7. The molecule has 0 spiro atoms. The van der Waals surface area contributed by atoms with Crippen molar-refractivity contribution >= 4 is 5.70 Å². The summed E-state index contributed by atoms with van der Waals surface area (Å²) >= 11 is 0. The zero-order chi connectivity index (χ0) is 20.3. The van der Waals surface area contributed by atoms with Crippen LogP contribution in [0.5, 0.6) is 0 Å². The number of halogens is 1. The van der Waals surface area contributed by atoms with Crippen molar-refractivity contribution in [1.29, 1.82) is 0 Å². The fraction of sp³-hybridized carbons (Fsp3) is 0.304. The monoisotopic (exact) mass is 380 g/mol. The van der Waals surface area contributed by atoms with Crippen molar-refractivity contribution in [1.82, 2.24) is 15.2 Å². The highest BCUT2D eigenvalue weighted by Crippen LogP contribution is 2.30. The lowest BCUT2D eigenvalue weighted by Crippen LogP contribution is -2.44.